The molecule has 2 rings (SSSR count). The molecular weight excluding hydrogens is 384 g/mol. The van der Waals surface area contributed by atoms with E-state index in [9.17, 15) is 4.79 Å². The fourth-order valence-electron chi connectivity index (χ4n) is 2.52. The molecule has 1 aromatic heterocycles. The summed E-state index contributed by atoms with van der Waals surface area (Å²) in [4.78, 5) is 17.4. The summed E-state index contributed by atoms with van der Waals surface area (Å²) in [5.74, 6) is -0.0575. The Kier molecular flexibility index (Phi) is 7.06. The van der Waals surface area contributed by atoms with Crippen molar-refractivity contribution >= 4 is 39.4 Å². The molecule has 0 radical (unpaired) electrons. The zero-order valence-corrected chi connectivity index (χ0v) is 16.3. The predicted molar refractivity (Wildman–Crippen MR) is 103 cm³/mol. The number of aliphatic imine (C=N–C) groups is 1. The molecule has 24 heavy (non-hydrogen) atoms. The highest BCUT2D eigenvalue weighted by molar-refractivity contribution is 9.10. The number of aryl methyl sites for hydroxylation is 1. The van der Waals surface area contributed by atoms with Gasteiger partial charge >= 0.3 is 0 Å². The first kappa shape index (κ1) is 18.7. The quantitative estimate of drug-likeness (QED) is 0.229. The number of ketones is 1. The molecule has 1 heterocycles. The van der Waals surface area contributed by atoms with Crippen molar-refractivity contribution < 1.29 is 9.36 Å². The summed E-state index contributed by atoms with van der Waals surface area (Å²) < 4.78 is 2.62. The van der Waals surface area contributed by atoms with Gasteiger partial charge in [-0.3, -0.25) is 4.79 Å². The SMILES string of the molecule is CCCc1cc[n+]([C@@H](C(=O)c2ccccc2Br)C([S-])=NCC)cc1. The topological polar surface area (TPSA) is 33.3 Å². The molecule has 0 aliphatic heterocycles. The van der Waals surface area contributed by atoms with Gasteiger partial charge in [-0.15, -0.1) is 0 Å². The number of Topliss-reactive ketones (excluding diaryl/α,β-unsaturated/α-hetero) is 1. The Morgan fingerprint density at radius 3 is 2.46 bits per heavy atom. The van der Waals surface area contributed by atoms with Crippen molar-refractivity contribution in [2.45, 2.75) is 32.7 Å². The van der Waals surface area contributed by atoms with E-state index in [2.05, 4.69) is 27.8 Å². The van der Waals surface area contributed by atoms with E-state index < -0.39 is 6.04 Å². The van der Waals surface area contributed by atoms with E-state index in [1.165, 1.54) is 5.56 Å². The number of benzene rings is 1. The lowest BCUT2D eigenvalue weighted by atomic mass is 10.0. The fraction of sp³-hybridized carbons (Fsp3) is 0.316. The van der Waals surface area contributed by atoms with E-state index in [1.54, 1.807) is 6.07 Å². The average Bonchev–Trinajstić information content (AvgIpc) is 2.57. The second-order valence-corrected chi connectivity index (χ2v) is 6.74. The maximum Gasteiger partial charge on any atom is 0.237 e. The van der Waals surface area contributed by atoms with E-state index in [0.717, 1.165) is 17.3 Å². The van der Waals surface area contributed by atoms with E-state index in [1.807, 2.05) is 54.2 Å². The van der Waals surface area contributed by atoms with Crippen LogP contribution >= 0.6 is 15.9 Å². The van der Waals surface area contributed by atoms with Gasteiger partial charge < -0.3 is 17.6 Å². The van der Waals surface area contributed by atoms with Gasteiger partial charge in [0.2, 0.25) is 11.8 Å². The van der Waals surface area contributed by atoms with Gasteiger partial charge in [0.05, 0.1) is 0 Å². The number of halogens is 1. The molecule has 0 saturated carbocycles. The van der Waals surface area contributed by atoms with Crippen molar-refractivity contribution in [3.8, 4) is 0 Å². The molecule has 0 fully saturated rings. The molecule has 1 aromatic carbocycles. The van der Waals surface area contributed by atoms with Crippen LogP contribution in [0.3, 0.4) is 0 Å². The van der Waals surface area contributed by atoms with Crippen LogP contribution in [-0.2, 0) is 19.0 Å². The van der Waals surface area contributed by atoms with Crippen molar-refractivity contribution in [2.24, 2.45) is 4.99 Å². The van der Waals surface area contributed by atoms with Crippen LogP contribution in [0, 0.1) is 0 Å². The molecule has 5 heteroatoms. The summed E-state index contributed by atoms with van der Waals surface area (Å²) >= 11 is 8.89. The molecule has 0 unspecified atom stereocenters. The van der Waals surface area contributed by atoms with Crippen LogP contribution in [0.2, 0.25) is 0 Å². The number of aromatic nitrogens is 1. The summed E-state index contributed by atoms with van der Waals surface area (Å²) in [7, 11) is 0. The number of carbonyl (C=O) groups excluding carboxylic acids is 1. The number of hydrogen-bond donors (Lipinski definition) is 0. The fourth-order valence-corrected chi connectivity index (χ4v) is 3.36. The highest BCUT2D eigenvalue weighted by Gasteiger charge is 2.29. The molecular formula is C19H21BrN2OS. The Hall–Kier alpha value is -1.59. The Bertz CT molecular complexity index is 728. The van der Waals surface area contributed by atoms with Gasteiger partial charge in [0.25, 0.3) is 0 Å². The van der Waals surface area contributed by atoms with Gasteiger partial charge in [-0.05, 0) is 36.1 Å². The first-order chi connectivity index (χ1) is 11.6. The van der Waals surface area contributed by atoms with Gasteiger partial charge in [-0.25, -0.2) is 0 Å². The lowest BCUT2D eigenvalue weighted by molar-refractivity contribution is -0.692. The lowest BCUT2D eigenvalue weighted by Crippen LogP contribution is -2.47. The number of hydrogen-bond acceptors (Lipinski definition) is 3. The molecule has 3 nitrogen and oxygen atoms in total. The molecule has 0 aliphatic rings. The largest absolute Gasteiger partial charge is 0.758 e. The Morgan fingerprint density at radius 1 is 1.21 bits per heavy atom. The zero-order valence-electron chi connectivity index (χ0n) is 13.9. The maximum absolute atomic E-state index is 13.1. The minimum Gasteiger partial charge on any atom is -0.758 e. The highest BCUT2D eigenvalue weighted by atomic mass is 79.9. The number of nitrogens with zero attached hydrogens (tertiary/aromatic N) is 2. The number of carbonyl (C=O) groups is 1. The minimum absolute atomic E-state index is 0.0575. The normalized spacial score (nSPS) is 12.9. The zero-order chi connectivity index (χ0) is 17.5. The third-order valence-electron chi connectivity index (χ3n) is 3.69. The van der Waals surface area contributed by atoms with Crippen LogP contribution in [0.1, 0.15) is 42.2 Å². The predicted octanol–water partition coefficient (Wildman–Crippen LogP) is 4.08. The third kappa shape index (κ3) is 4.48. The van der Waals surface area contributed by atoms with Crippen LogP contribution in [-0.4, -0.2) is 17.4 Å². The maximum atomic E-state index is 13.1. The Labute approximate surface area is 157 Å². The monoisotopic (exact) mass is 404 g/mol. The van der Waals surface area contributed by atoms with Crippen LogP contribution in [0.5, 0.6) is 0 Å². The Morgan fingerprint density at radius 2 is 1.88 bits per heavy atom. The van der Waals surface area contributed by atoms with Crippen molar-refractivity contribution in [1.29, 1.82) is 0 Å². The first-order valence-corrected chi connectivity index (χ1v) is 9.28. The average molecular weight is 405 g/mol. The number of rotatable bonds is 7. The second kappa shape index (κ2) is 9.04. The highest BCUT2D eigenvalue weighted by Crippen LogP contribution is 2.20. The van der Waals surface area contributed by atoms with Gasteiger partial charge in [0.15, 0.2) is 12.4 Å². The molecule has 0 bridgehead atoms. The molecule has 0 aliphatic carbocycles. The van der Waals surface area contributed by atoms with Crippen molar-refractivity contribution in [3.05, 3.63) is 64.4 Å². The summed E-state index contributed by atoms with van der Waals surface area (Å²) in [6.07, 6.45) is 5.95. The summed E-state index contributed by atoms with van der Waals surface area (Å²) in [6, 6.07) is 10.9. The Balaban J connectivity index is 2.43. The van der Waals surface area contributed by atoms with Gasteiger partial charge in [-0.2, -0.15) is 4.57 Å². The summed E-state index contributed by atoms with van der Waals surface area (Å²) in [5, 5.41) is 0.409. The van der Waals surface area contributed by atoms with E-state index in [0.29, 0.717) is 17.2 Å². The van der Waals surface area contributed by atoms with Gasteiger partial charge in [-0.1, -0.05) is 41.4 Å². The van der Waals surface area contributed by atoms with Crippen molar-refractivity contribution in [3.63, 3.8) is 0 Å². The van der Waals surface area contributed by atoms with Crippen LogP contribution in [0.15, 0.2) is 58.3 Å². The van der Waals surface area contributed by atoms with Gasteiger partial charge in [0, 0.05) is 28.7 Å². The van der Waals surface area contributed by atoms with E-state index >= 15 is 0 Å². The van der Waals surface area contributed by atoms with Crippen molar-refractivity contribution in [1.82, 2.24) is 0 Å². The van der Waals surface area contributed by atoms with E-state index in [4.69, 9.17) is 12.6 Å². The van der Waals surface area contributed by atoms with Crippen LogP contribution in [0.4, 0.5) is 0 Å². The minimum atomic E-state index is -0.602. The summed E-state index contributed by atoms with van der Waals surface area (Å²) in [6.45, 7) is 4.63. The molecule has 0 spiro atoms. The summed E-state index contributed by atoms with van der Waals surface area (Å²) in [5.41, 5.74) is 1.86. The molecule has 126 valence electrons. The van der Waals surface area contributed by atoms with Crippen molar-refractivity contribution in [2.75, 3.05) is 6.54 Å². The molecule has 1 atom stereocenters. The third-order valence-corrected chi connectivity index (χ3v) is 4.74. The lowest BCUT2D eigenvalue weighted by Gasteiger charge is -2.19. The second-order valence-electron chi connectivity index (χ2n) is 5.46. The van der Waals surface area contributed by atoms with Gasteiger partial charge in [0.1, 0.15) is 0 Å². The molecule has 0 amide bonds. The standard InChI is InChI=1S/C19H21BrN2OS/c1-3-7-14-10-12-22(13-11-14)17(19(24)21-4-2)18(23)15-8-5-6-9-16(15)20/h5-6,8-13,17H,3-4,7H2,1-2H3/t17-/m0/s1. The van der Waals surface area contributed by atoms with Crippen LogP contribution < -0.4 is 4.57 Å². The first-order valence-electron chi connectivity index (χ1n) is 8.08. The van der Waals surface area contributed by atoms with E-state index in [-0.39, 0.29) is 5.78 Å². The molecule has 2 aromatic rings. The number of pyridine rings is 1. The molecule has 0 N–H and O–H groups in total. The smallest absolute Gasteiger partial charge is 0.237 e. The van der Waals surface area contributed by atoms with Crippen LogP contribution in [0.25, 0.3) is 0 Å². The molecule has 0 saturated heterocycles.